The summed E-state index contributed by atoms with van der Waals surface area (Å²) in [6, 6.07) is 13.1. The molecule has 3 heterocycles. The third kappa shape index (κ3) is 3.91. The van der Waals surface area contributed by atoms with Crippen LogP contribution in [0, 0.1) is 0 Å². The zero-order valence-electron chi connectivity index (χ0n) is 17.3. The van der Waals surface area contributed by atoms with Crippen LogP contribution in [0.15, 0.2) is 36.4 Å². The summed E-state index contributed by atoms with van der Waals surface area (Å²) in [5.74, 6) is 2.19. The van der Waals surface area contributed by atoms with Crippen LogP contribution in [0.2, 0.25) is 0 Å². The molecule has 0 saturated carbocycles. The minimum Gasteiger partial charge on any atom is -0.357 e. The molecule has 1 aromatic carbocycles. The van der Waals surface area contributed by atoms with E-state index in [1.54, 1.807) is 0 Å². The van der Waals surface area contributed by atoms with Crippen LogP contribution in [0.4, 0.5) is 11.6 Å². The monoisotopic (exact) mass is 376 g/mol. The molecule has 1 saturated heterocycles. The smallest absolute Gasteiger partial charge is 0.129 e. The van der Waals surface area contributed by atoms with Crippen LogP contribution < -0.4 is 9.80 Å². The maximum Gasteiger partial charge on any atom is 0.129 e. The molecule has 0 aliphatic carbocycles. The van der Waals surface area contributed by atoms with Gasteiger partial charge in [-0.1, -0.05) is 38.8 Å². The minimum absolute atomic E-state index is 1.04. The van der Waals surface area contributed by atoms with Crippen LogP contribution in [0.5, 0.6) is 0 Å². The Hall–Kier alpha value is -2.36. The van der Waals surface area contributed by atoms with E-state index in [-0.39, 0.29) is 0 Å². The van der Waals surface area contributed by atoms with Gasteiger partial charge in [-0.3, -0.25) is 0 Å². The lowest BCUT2D eigenvalue weighted by molar-refractivity contribution is 0.672. The first kappa shape index (κ1) is 19.0. The van der Waals surface area contributed by atoms with E-state index in [1.807, 2.05) is 0 Å². The molecule has 0 N–H and O–H groups in total. The molecule has 3 aromatic rings. The Labute approximate surface area is 168 Å². The van der Waals surface area contributed by atoms with E-state index in [0.717, 1.165) is 48.8 Å². The number of unbranched alkanes of at least 4 members (excludes halogenated alkanes) is 2. The Bertz CT molecular complexity index is 922. The molecule has 1 aliphatic rings. The van der Waals surface area contributed by atoms with Crippen molar-refractivity contribution in [1.82, 2.24) is 9.97 Å². The quantitative estimate of drug-likeness (QED) is 0.466. The number of hydrogen-bond donors (Lipinski definition) is 0. The second-order valence-electron chi connectivity index (χ2n) is 7.94. The maximum atomic E-state index is 5.12. The lowest BCUT2D eigenvalue weighted by Crippen LogP contribution is -2.26. The third-order valence-electron chi connectivity index (χ3n) is 5.81. The van der Waals surface area contributed by atoms with Crippen molar-refractivity contribution in [2.24, 2.45) is 0 Å². The fourth-order valence-corrected chi connectivity index (χ4v) is 4.08. The summed E-state index contributed by atoms with van der Waals surface area (Å²) in [5.41, 5.74) is 2.07. The largest absolute Gasteiger partial charge is 0.357 e. The summed E-state index contributed by atoms with van der Waals surface area (Å²) in [4.78, 5) is 15.0. The van der Waals surface area contributed by atoms with Crippen molar-refractivity contribution in [1.29, 1.82) is 0 Å². The van der Waals surface area contributed by atoms with Crippen molar-refractivity contribution in [3.8, 4) is 0 Å². The van der Waals surface area contributed by atoms with E-state index in [9.17, 15) is 0 Å². The summed E-state index contributed by atoms with van der Waals surface area (Å²) in [5, 5.41) is 2.35. The standard InChI is InChI=1S/C24H32N4/c1-3-5-15-27(16-6-4-2)21-13-11-19-9-10-20-12-14-22(28-17-7-8-18-28)26-24(20)23(19)25-21/h9-14H,3-8,15-18H2,1-2H3. The van der Waals surface area contributed by atoms with Crippen LogP contribution in [-0.4, -0.2) is 36.1 Å². The number of benzene rings is 1. The summed E-state index contributed by atoms with van der Waals surface area (Å²) < 4.78 is 0. The van der Waals surface area contributed by atoms with Gasteiger partial charge < -0.3 is 9.80 Å². The van der Waals surface area contributed by atoms with Gasteiger partial charge >= 0.3 is 0 Å². The SMILES string of the molecule is CCCCN(CCCC)c1ccc2ccc3ccc(N4CCCC4)nc3c2n1. The first-order valence-corrected chi connectivity index (χ1v) is 11.0. The highest BCUT2D eigenvalue weighted by molar-refractivity contribution is 6.03. The third-order valence-corrected chi connectivity index (χ3v) is 5.81. The van der Waals surface area contributed by atoms with Crippen molar-refractivity contribution in [3.05, 3.63) is 36.4 Å². The van der Waals surface area contributed by atoms with Crippen LogP contribution in [0.3, 0.4) is 0 Å². The van der Waals surface area contributed by atoms with Gasteiger partial charge in [0.2, 0.25) is 0 Å². The first-order chi connectivity index (χ1) is 13.8. The topological polar surface area (TPSA) is 32.3 Å². The van der Waals surface area contributed by atoms with Crippen LogP contribution in [0.25, 0.3) is 21.8 Å². The molecule has 4 heteroatoms. The zero-order chi connectivity index (χ0) is 19.3. The Balaban J connectivity index is 1.76. The molecule has 0 unspecified atom stereocenters. The van der Waals surface area contributed by atoms with E-state index < -0.39 is 0 Å². The molecule has 28 heavy (non-hydrogen) atoms. The molecule has 1 aliphatic heterocycles. The number of pyridine rings is 2. The fraction of sp³-hybridized carbons (Fsp3) is 0.500. The van der Waals surface area contributed by atoms with Gasteiger partial charge in [0.05, 0.1) is 11.0 Å². The molecule has 0 bridgehead atoms. The Morgan fingerprint density at radius 3 is 2.00 bits per heavy atom. The van der Waals surface area contributed by atoms with Gasteiger partial charge in [0.25, 0.3) is 0 Å². The predicted octanol–water partition coefficient (Wildman–Crippen LogP) is 5.79. The lowest BCUT2D eigenvalue weighted by Gasteiger charge is -2.24. The van der Waals surface area contributed by atoms with Crippen LogP contribution in [-0.2, 0) is 0 Å². The Morgan fingerprint density at radius 1 is 0.786 bits per heavy atom. The van der Waals surface area contributed by atoms with E-state index in [0.29, 0.717) is 0 Å². The van der Waals surface area contributed by atoms with E-state index in [4.69, 9.17) is 9.97 Å². The van der Waals surface area contributed by atoms with Gasteiger partial charge in [0.1, 0.15) is 11.6 Å². The highest BCUT2D eigenvalue weighted by Gasteiger charge is 2.15. The van der Waals surface area contributed by atoms with Crippen molar-refractivity contribution in [3.63, 3.8) is 0 Å². The zero-order valence-corrected chi connectivity index (χ0v) is 17.3. The molecule has 0 radical (unpaired) electrons. The number of nitrogens with zero attached hydrogens (tertiary/aromatic N) is 4. The van der Waals surface area contributed by atoms with Gasteiger partial charge in [0.15, 0.2) is 0 Å². The summed E-state index contributed by atoms with van der Waals surface area (Å²) in [6.45, 7) is 8.89. The molecular weight excluding hydrogens is 344 g/mol. The van der Waals surface area contributed by atoms with Crippen molar-refractivity contribution >= 4 is 33.4 Å². The number of rotatable bonds is 8. The molecule has 2 aromatic heterocycles. The van der Waals surface area contributed by atoms with Crippen LogP contribution >= 0.6 is 0 Å². The molecule has 1 fully saturated rings. The lowest BCUT2D eigenvalue weighted by atomic mass is 10.1. The maximum absolute atomic E-state index is 5.12. The molecule has 4 rings (SSSR count). The minimum atomic E-state index is 1.04. The van der Waals surface area contributed by atoms with Gasteiger partial charge in [0, 0.05) is 37.0 Å². The Kier molecular flexibility index (Phi) is 5.94. The van der Waals surface area contributed by atoms with Crippen molar-refractivity contribution < 1.29 is 0 Å². The van der Waals surface area contributed by atoms with Gasteiger partial charge in [-0.15, -0.1) is 0 Å². The number of fused-ring (bicyclic) bond motifs is 3. The van der Waals surface area contributed by atoms with E-state index >= 15 is 0 Å². The molecule has 4 nitrogen and oxygen atoms in total. The molecular formula is C24H32N4. The van der Waals surface area contributed by atoms with E-state index in [1.165, 1.54) is 49.3 Å². The number of aromatic nitrogens is 2. The average Bonchev–Trinajstić information content (AvgIpc) is 3.28. The van der Waals surface area contributed by atoms with Gasteiger partial charge in [-0.25, -0.2) is 9.97 Å². The average molecular weight is 377 g/mol. The highest BCUT2D eigenvalue weighted by atomic mass is 15.2. The number of hydrogen-bond acceptors (Lipinski definition) is 4. The highest BCUT2D eigenvalue weighted by Crippen LogP contribution is 2.28. The molecule has 148 valence electrons. The second-order valence-corrected chi connectivity index (χ2v) is 7.94. The fourth-order valence-electron chi connectivity index (χ4n) is 4.08. The normalized spacial score (nSPS) is 14.3. The number of anilines is 2. The molecule has 0 amide bonds. The molecule has 0 atom stereocenters. The first-order valence-electron chi connectivity index (χ1n) is 11.0. The van der Waals surface area contributed by atoms with Crippen molar-refractivity contribution in [2.75, 3.05) is 36.0 Å². The summed E-state index contributed by atoms with van der Waals surface area (Å²) in [6.07, 6.45) is 7.36. The van der Waals surface area contributed by atoms with Gasteiger partial charge in [-0.2, -0.15) is 0 Å². The predicted molar refractivity (Wildman–Crippen MR) is 121 cm³/mol. The van der Waals surface area contributed by atoms with E-state index in [2.05, 4.69) is 60.0 Å². The molecule has 0 spiro atoms. The van der Waals surface area contributed by atoms with Crippen LogP contribution in [0.1, 0.15) is 52.4 Å². The summed E-state index contributed by atoms with van der Waals surface area (Å²) in [7, 11) is 0. The Morgan fingerprint density at radius 2 is 1.36 bits per heavy atom. The van der Waals surface area contributed by atoms with Gasteiger partial charge in [-0.05, 0) is 49.9 Å². The summed E-state index contributed by atoms with van der Waals surface area (Å²) >= 11 is 0. The second kappa shape index (κ2) is 8.76. The van der Waals surface area contributed by atoms with Crippen molar-refractivity contribution in [2.45, 2.75) is 52.4 Å².